The van der Waals surface area contributed by atoms with Gasteiger partial charge in [0.25, 0.3) is 11.8 Å². The number of imide groups is 2. The number of aromatic nitrogens is 5. The van der Waals surface area contributed by atoms with Crippen LogP contribution in [0.4, 0.5) is 20.5 Å². The van der Waals surface area contributed by atoms with E-state index >= 15 is 8.78 Å². The number of amides is 5. The number of nitrogens with one attached hydrogen (secondary N) is 3. The van der Waals surface area contributed by atoms with E-state index in [1.165, 1.54) is 25.6 Å². The van der Waals surface area contributed by atoms with Crippen LogP contribution in [-0.2, 0) is 26.6 Å². The molecular weight excluding hydrogens is 819 g/mol. The van der Waals surface area contributed by atoms with E-state index in [2.05, 4.69) is 40.5 Å². The van der Waals surface area contributed by atoms with Crippen LogP contribution in [0.5, 0.6) is 0 Å². The molecule has 1 atom stereocenters. The normalized spacial score (nSPS) is 17.2. The largest absolute Gasteiger partial charge is 0.342 e. The molecule has 18 heteroatoms. The van der Waals surface area contributed by atoms with Crippen molar-refractivity contribution in [1.29, 1.82) is 0 Å². The first-order chi connectivity index (χ1) is 29.7. The Bertz CT molecular complexity index is 2570. The molecule has 0 spiro atoms. The number of hydrogen-bond acceptors (Lipinski definition) is 12. The van der Waals surface area contributed by atoms with Crippen LogP contribution in [0, 0.1) is 12.7 Å². The minimum Gasteiger partial charge on any atom is -0.342 e. The fourth-order valence-corrected chi connectivity index (χ4v) is 9.16. The second-order valence-electron chi connectivity index (χ2n) is 16.2. The lowest BCUT2D eigenvalue weighted by Gasteiger charge is -2.34. The number of hydrogen-bond donors (Lipinski definition) is 3. The molecular formula is C44H46F2N10O5S. The van der Waals surface area contributed by atoms with Gasteiger partial charge in [-0.3, -0.25) is 39.1 Å². The van der Waals surface area contributed by atoms with Crippen LogP contribution in [0.15, 0.2) is 59.8 Å². The molecule has 0 bridgehead atoms. The number of anilines is 2. The number of imidazole rings is 1. The third kappa shape index (κ3) is 9.06. The molecule has 6 heterocycles. The molecule has 15 nitrogen and oxygen atoms in total. The van der Waals surface area contributed by atoms with Gasteiger partial charge in [0.2, 0.25) is 23.7 Å². The Morgan fingerprint density at radius 1 is 0.968 bits per heavy atom. The maximum absolute atomic E-state index is 15.2. The molecule has 1 unspecified atom stereocenters. The molecule has 3 aliphatic heterocycles. The van der Waals surface area contributed by atoms with Gasteiger partial charge in [-0.25, -0.2) is 28.7 Å². The monoisotopic (exact) mass is 864 g/mol. The molecule has 0 radical (unpaired) electrons. The number of nitrogens with zero attached hydrogens (tertiary/aromatic N) is 7. The summed E-state index contributed by atoms with van der Waals surface area (Å²) < 4.78 is 30.3. The van der Waals surface area contributed by atoms with Crippen molar-refractivity contribution in [3.05, 3.63) is 88.8 Å². The van der Waals surface area contributed by atoms with Crippen LogP contribution < -0.4 is 10.6 Å². The molecule has 8 rings (SSSR count). The van der Waals surface area contributed by atoms with Crippen LogP contribution in [-0.4, -0.2) is 107 Å². The Balaban J connectivity index is 0.766. The molecule has 3 aliphatic rings. The number of carbonyl (C=O) groups excluding carboxylic acids is 5. The van der Waals surface area contributed by atoms with Crippen LogP contribution >= 0.6 is 11.8 Å². The topological polar surface area (TPSA) is 186 Å². The van der Waals surface area contributed by atoms with Gasteiger partial charge in [0.15, 0.2) is 5.82 Å². The highest BCUT2D eigenvalue weighted by atomic mass is 32.2. The molecule has 5 aromatic rings. The summed E-state index contributed by atoms with van der Waals surface area (Å²) in [5, 5.41) is 5.26. The Labute approximate surface area is 360 Å². The molecule has 62 heavy (non-hydrogen) atoms. The standard InChI is InChI=1S/C44H46F2N10O5S/c1-25-49-31-21-27(20-29(39(31)50-25)44(2,3)46)38-30(45)23-48-43(53-38)51-34-13-11-26(22-47-34)24-54-15-17-55(18-16-54)36(58)10-5-4-6-19-62-33-9-7-8-28-37(33)42(61)56(41(28)60)32-12-14-35(57)52-40(32)59/h7-9,11,13,20-23,32H,4-6,10,12,14-19,24H2,1-3H3,(H,49,50)(H,52,57,59)(H,47,48,51,53). The minimum absolute atomic E-state index is 0.0148. The number of halogens is 2. The van der Waals surface area contributed by atoms with Crippen LogP contribution in [0.2, 0.25) is 0 Å². The second kappa shape index (κ2) is 17.7. The number of aryl methyl sites for hydroxylation is 1. The molecule has 0 saturated carbocycles. The van der Waals surface area contributed by atoms with Gasteiger partial charge < -0.3 is 15.2 Å². The van der Waals surface area contributed by atoms with E-state index in [0.29, 0.717) is 76.1 Å². The third-order valence-corrected chi connectivity index (χ3v) is 12.4. The van der Waals surface area contributed by atoms with Crippen molar-refractivity contribution < 1.29 is 32.8 Å². The first-order valence-electron chi connectivity index (χ1n) is 20.7. The number of unbranched alkanes of at least 4 members (excludes halogenated alkanes) is 2. The van der Waals surface area contributed by atoms with Crippen molar-refractivity contribution in [2.45, 2.75) is 82.4 Å². The lowest BCUT2D eigenvalue weighted by molar-refractivity contribution is -0.136. The van der Waals surface area contributed by atoms with Crippen molar-refractivity contribution in [3.8, 4) is 11.3 Å². The van der Waals surface area contributed by atoms with Gasteiger partial charge in [-0.2, -0.15) is 0 Å². The number of piperazine rings is 1. The molecule has 0 aliphatic carbocycles. The van der Waals surface area contributed by atoms with Crippen molar-refractivity contribution >= 4 is 64.1 Å². The van der Waals surface area contributed by atoms with Gasteiger partial charge in [0, 0.05) is 67.8 Å². The van der Waals surface area contributed by atoms with E-state index in [9.17, 15) is 24.0 Å². The SMILES string of the molecule is Cc1nc2c(C(C)(C)F)cc(-c3nc(Nc4ccc(CN5CCN(C(=O)CCCCCSc6cccc7c6C(=O)N(C6CCC(=O)NC6=O)C7=O)CC5)cn4)ncc3F)cc2[nH]1. The van der Waals surface area contributed by atoms with Gasteiger partial charge in [-0.15, -0.1) is 11.8 Å². The highest BCUT2D eigenvalue weighted by Gasteiger charge is 2.45. The first kappa shape index (κ1) is 42.5. The zero-order valence-corrected chi connectivity index (χ0v) is 35.4. The number of alkyl halides is 1. The van der Waals surface area contributed by atoms with E-state index in [0.717, 1.165) is 49.0 Å². The van der Waals surface area contributed by atoms with Crippen LogP contribution in [0.1, 0.15) is 90.0 Å². The summed E-state index contributed by atoms with van der Waals surface area (Å²) in [7, 11) is 0. The number of rotatable bonds is 14. The fourth-order valence-electron chi connectivity index (χ4n) is 8.08. The number of aromatic amines is 1. The minimum atomic E-state index is -1.72. The van der Waals surface area contributed by atoms with Crippen molar-refractivity contribution in [3.63, 3.8) is 0 Å². The Kier molecular flexibility index (Phi) is 12.1. The Morgan fingerprint density at radius 3 is 2.52 bits per heavy atom. The second-order valence-corrected chi connectivity index (χ2v) is 17.4. The predicted molar refractivity (Wildman–Crippen MR) is 228 cm³/mol. The summed E-state index contributed by atoms with van der Waals surface area (Å²) >= 11 is 1.48. The molecule has 2 fully saturated rings. The van der Waals surface area contributed by atoms with E-state index < -0.39 is 41.2 Å². The quantitative estimate of drug-likeness (QED) is 0.0653. The van der Waals surface area contributed by atoms with Gasteiger partial charge in [0.05, 0.1) is 28.4 Å². The number of carbonyl (C=O) groups is 5. The van der Waals surface area contributed by atoms with Gasteiger partial charge >= 0.3 is 0 Å². The average Bonchev–Trinajstić information content (AvgIpc) is 3.75. The molecule has 322 valence electrons. The predicted octanol–water partition coefficient (Wildman–Crippen LogP) is 6.21. The average molecular weight is 865 g/mol. The fraction of sp³-hybridized carbons (Fsp3) is 0.386. The van der Waals surface area contributed by atoms with Crippen molar-refractivity contribution in [2.24, 2.45) is 0 Å². The van der Waals surface area contributed by atoms with Gasteiger partial charge in [0.1, 0.15) is 29.0 Å². The van der Waals surface area contributed by atoms with E-state index in [1.807, 2.05) is 11.0 Å². The lowest BCUT2D eigenvalue weighted by Crippen LogP contribution is -2.54. The smallest absolute Gasteiger partial charge is 0.263 e. The summed E-state index contributed by atoms with van der Waals surface area (Å²) in [6, 6.07) is 11.1. The molecule has 3 aromatic heterocycles. The Hall–Kier alpha value is -6.14. The van der Waals surface area contributed by atoms with Crippen LogP contribution in [0.25, 0.3) is 22.3 Å². The maximum atomic E-state index is 15.2. The first-order valence-corrected chi connectivity index (χ1v) is 21.6. The zero-order valence-electron chi connectivity index (χ0n) is 34.6. The third-order valence-electron chi connectivity index (χ3n) is 11.3. The summed E-state index contributed by atoms with van der Waals surface area (Å²) in [6.45, 7) is 8.01. The molecule has 3 N–H and O–H groups in total. The number of benzene rings is 2. The van der Waals surface area contributed by atoms with Crippen molar-refractivity contribution in [2.75, 3.05) is 37.2 Å². The molecule has 2 saturated heterocycles. The number of piperidine rings is 1. The highest BCUT2D eigenvalue weighted by Crippen LogP contribution is 2.37. The number of pyridine rings is 1. The number of H-pyrrole nitrogens is 1. The number of thioether (sulfide) groups is 1. The van der Waals surface area contributed by atoms with E-state index in [-0.39, 0.29) is 36.0 Å². The summed E-state index contributed by atoms with van der Waals surface area (Å²) in [6.07, 6.45) is 5.84. The maximum Gasteiger partial charge on any atom is 0.263 e. The summed E-state index contributed by atoms with van der Waals surface area (Å²) in [5.74, 6) is -0.683. The van der Waals surface area contributed by atoms with Crippen molar-refractivity contribution in [1.82, 2.24) is 44.9 Å². The van der Waals surface area contributed by atoms with Gasteiger partial charge in [-0.1, -0.05) is 18.6 Å². The zero-order chi connectivity index (χ0) is 43.7. The highest BCUT2D eigenvalue weighted by molar-refractivity contribution is 7.99. The summed E-state index contributed by atoms with van der Waals surface area (Å²) in [4.78, 5) is 90.0. The molecule has 2 aromatic carbocycles. The number of fused-ring (bicyclic) bond motifs is 2. The van der Waals surface area contributed by atoms with Crippen LogP contribution in [0.3, 0.4) is 0 Å². The van der Waals surface area contributed by atoms with E-state index in [1.54, 1.807) is 49.5 Å². The van der Waals surface area contributed by atoms with E-state index in [4.69, 9.17) is 0 Å². The molecule has 5 amide bonds. The Morgan fingerprint density at radius 2 is 1.77 bits per heavy atom. The summed E-state index contributed by atoms with van der Waals surface area (Å²) in [5.41, 5.74) is 1.62. The lowest BCUT2D eigenvalue weighted by atomic mass is 9.95. The van der Waals surface area contributed by atoms with Gasteiger partial charge in [-0.05, 0) is 81.7 Å².